The van der Waals surface area contributed by atoms with Gasteiger partial charge in [-0.05, 0) is 36.4 Å². The van der Waals surface area contributed by atoms with Crippen molar-refractivity contribution in [2.75, 3.05) is 43.1 Å². The Labute approximate surface area is 186 Å². The third-order valence-electron chi connectivity index (χ3n) is 5.19. The fourth-order valence-electron chi connectivity index (χ4n) is 3.49. The molecule has 1 aliphatic heterocycles. The summed E-state index contributed by atoms with van der Waals surface area (Å²) in [6.07, 6.45) is 0.555. The van der Waals surface area contributed by atoms with Crippen LogP contribution < -0.4 is 10.2 Å². The number of nitrogens with zero attached hydrogens (tertiary/aromatic N) is 1. The predicted octanol–water partition coefficient (Wildman–Crippen LogP) is 3.90. The predicted molar refractivity (Wildman–Crippen MR) is 122 cm³/mol. The number of rotatable bonds is 8. The largest absolute Gasteiger partial charge is 0.461 e. The maximum Gasteiger partial charge on any atom is 0.306 e. The second kappa shape index (κ2) is 10.6. The van der Waals surface area contributed by atoms with Crippen LogP contribution >= 0.6 is 0 Å². The lowest BCUT2D eigenvalue weighted by Gasteiger charge is -2.28. The van der Waals surface area contributed by atoms with Gasteiger partial charge in [0.2, 0.25) is 0 Å². The molecular formula is C25H26N2O5. The summed E-state index contributed by atoms with van der Waals surface area (Å²) in [4.78, 5) is 26.3. The number of esters is 1. The van der Waals surface area contributed by atoms with Gasteiger partial charge in [-0.2, -0.15) is 0 Å². The van der Waals surface area contributed by atoms with Crippen LogP contribution in [0.15, 0.2) is 71.1 Å². The Morgan fingerprint density at radius 2 is 1.69 bits per heavy atom. The third kappa shape index (κ3) is 5.98. The van der Waals surface area contributed by atoms with Crippen molar-refractivity contribution >= 4 is 23.3 Å². The second-order valence-corrected chi connectivity index (χ2v) is 7.49. The summed E-state index contributed by atoms with van der Waals surface area (Å²) in [6, 6.07) is 21.1. The van der Waals surface area contributed by atoms with E-state index in [1.54, 1.807) is 0 Å². The smallest absolute Gasteiger partial charge is 0.306 e. The first-order valence-corrected chi connectivity index (χ1v) is 10.7. The number of morpholine rings is 1. The molecule has 0 atom stereocenters. The summed E-state index contributed by atoms with van der Waals surface area (Å²) >= 11 is 0. The molecule has 1 amide bonds. The molecule has 1 N–H and O–H groups in total. The van der Waals surface area contributed by atoms with Crippen molar-refractivity contribution in [3.05, 3.63) is 72.5 Å². The molecule has 4 rings (SSSR count). The lowest BCUT2D eigenvalue weighted by molar-refractivity contribution is -0.147. The lowest BCUT2D eigenvalue weighted by atomic mass is 10.2. The normalized spacial score (nSPS) is 13.6. The van der Waals surface area contributed by atoms with E-state index in [-0.39, 0.29) is 18.9 Å². The molecule has 7 nitrogen and oxygen atoms in total. The van der Waals surface area contributed by atoms with Crippen LogP contribution in [0.4, 0.5) is 11.4 Å². The van der Waals surface area contributed by atoms with Crippen LogP contribution in [0.1, 0.15) is 12.2 Å². The highest BCUT2D eigenvalue weighted by Crippen LogP contribution is 2.22. The summed E-state index contributed by atoms with van der Waals surface area (Å²) in [5, 5.41) is 2.74. The van der Waals surface area contributed by atoms with Crippen molar-refractivity contribution in [1.82, 2.24) is 0 Å². The number of aryl methyl sites for hydroxylation is 1. The molecule has 1 aromatic heterocycles. The zero-order valence-corrected chi connectivity index (χ0v) is 17.8. The van der Waals surface area contributed by atoms with Crippen molar-refractivity contribution in [3.63, 3.8) is 0 Å². The molecule has 2 aromatic carbocycles. The first kappa shape index (κ1) is 21.6. The number of hydrogen-bond donors (Lipinski definition) is 1. The van der Waals surface area contributed by atoms with Crippen LogP contribution in [-0.4, -0.2) is 44.8 Å². The molecule has 1 aliphatic rings. The van der Waals surface area contributed by atoms with Gasteiger partial charge in [0.1, 0.15) is 11.5 Å². The van der Waals surface area contributed by atoms with E-state index in [0.717, 1.165) is 43.3 Å². The number of carbonyl (C=O) groups is 2. The fraction of sp³-hybridized carbons (Fsp3) is 0.280. The van der Waals surface area contributed by atoms with Crippen LogP contribution in [0, 0.1) is 0 Å². The van der Waals surface area contributed by atoms with Gasteiger partial charge in [0.25, 0.3) is 5.91 Å². The molecule has 0 aliphatic carbocycles. The molecule has 0 radical (unpaired) electrons. The molecule has 0 unspecified atom stereocenters. The zero-order valence-electron chi connectivity index (χ0n) is 17.8. The van der Waals surface area contributed by atoms with Crippen molar-refractivity contribution in [2.24, 2.45) is 0 Å². The minimum Gasteiger partial charge on any atom is -0.461 e. The highest BCUT2D eigenvalue weighted by atomic mass is 16.5. The number of hydrogen-bond acceptors (Lipinski definition) is 6. The molecule has 32 heavy (non-hydrogen) atoms. The van der Waals surface area contributed by atoms with Gasteiger partial charge in [0, 0.05) is 36.4 Å². The maximum atomic E-state index is 12.1. The van der Waals surface area contributed by atoms with E-state index < -0.39 is 5.97 Å². The number of benzene rings is 2. The Morgan fingerprint density at radius 3 is 2.44 bits per heavy atom. The Kier molecular flexibility index (Phi) is 7.19. The van der Waals surface area contributed by atoms with Gasteiger partial charge in [-0.25, -0.2) is 0 Å². The number of nitrogens with one attached hydrogen (secondary N) is 1. The fourth-order valence-corrected chi connectivity index (χ4v) is 3.49. The van der Waals surface area contributed by atoms with Gasteiger partial charge in [-0.1, -0.05) is 30.3 Å². The summed E-state index contributed by atoms with van der Waals surface area (Å²) < 4.78 is 16.2. The Balaban J connectivity index is 1.18. The van der Waals surface area contributed by atoms with Crippen molar-refractivity contribution in [2.45, 2.75) is 12.8 Å². The minimum atomic E-state index is -0.444. The first-order valence-electron chi connectivity index (χ1n) is 10.7. The summed E-state index contributed by atoms with van der Waals surface area (Å²) in [6.45, 7) is 2.83. The molecule has 2 heterocycles. The summed E-state index contributed by atoms with van der Waals surface area (Å²) in [5.41, 5.74) is 2.73. The van der Waals surface area contributed by atoms with E-state index in [9.17, 15) is 9.59 Å². The molecule has 166 valence electrons. The second-order valence-electron chi connectivity index (χ2n) is 7.49. The summed E-state index contributed by atoms with van der Waals surface area (Å²) in [7, 11) is 0. The van der Waals surface area contributed by atoms with Crippen LogP contribution in [0.2, 0.25) is 0 Å². The highest BCUT2D eigenvalue weighted by molar-refractivity contribution is 5.93. The minimum absolute atomic E-state index is 0.142. The van der Waals surface area contributed by atoms with Gasteiger partial charge in [0.05, 0.1) is 19.6 Å². The maximum absolute atomic E-state index is 12.1. The van der Waals surface area contributed by atoms with E-state index in [1.807, 2.05) is 66.7 Å². The lowest BCUT2D eigenvalue weighted by Crippen LogP contribution is -2.36. The SMILES string of the molecule is O=C(COC(=O)CCc1ccc(-c2ccccc2)o1)Nc1ccc(N2CCOCC2)cc1. The van der Waals surface area contributed by atoms with Crippen molar-refractivity contribution in [3.8, 4) is 11.3 Å². The topological polar surface area (TPSA) is 81.0 Å². The number of ether oxygens (including phenoxy) is 2. The van der Waals surface area contributed by atoms with Gasteiger partial charge >= 0.3 is 5.97 Å². The molecule has 0 saturated carbocycles. The highest BCUT2D eigenvalue weighted by Gasteiger charge is 2.13. The van der Waals surface area contributed by atoms with Crippen molar-refractivity contribution in [1.29, 1.82) is 0 Å². The molecule has 7 heteroatoms. The zero-order chi connectivity index (χ0) is 22.2. The Hall–Kier alpha value is -3.58. The van der Waals surface area contributed by atoms with E-state index in [2.05, 4.69) is 10.2 Å². The van der Waals surface area contributed by atoms with Crippen LogP contribution in [-0.2, 0) is 25.5 Å². The number of anilines is 2. The van der Waals surface area contributed by atoms with E-state index in [1.165, 1.54) is 0 Å². The standard InChI is InChI=1S/C25H26N2O5/c28-24(26-20-6-8-21(9-7-20)27-14-16-30-17-15-27)18-31-25(29)13-11-22-10-12-23(32-22)19-4-2-1-3-5-19/h1-10,12H,11,13-18H2,(H,26,28). The molecule has 1 saturated heterocycles. The average Bonchev–Trinajstić information content (AvgIpc) is 3.32. The van der Waals surface area contributed by atoms with E-state index in [0.29, 0.717) is 17.9 Å². The number of furan rings is 1. The molecule has 1 fully saturated rings. The first-order chi connectivity index (χ1) is 15.7. The van der Waals surface area contributed by atoms with Crippen LogP contribution in [0.25, 0.3) is 11.3 Å². The van der Waals surface area contributed by atoms with Crippen molar-refractivity contribution < 1.29 is 23.5 Å². The Morgan fingerprint density at radius 1 is 0.938 bits per heavy atom. The molecular weight excluding hydrogens is 408 g/mol. The molecule has 0 bridgehead atoms. The number of amides is 1. The molecule has 0 spiro atoms. The van der Waals surface area contributed by atoms with Crippen LogP contribution in [0.5, 0.6) is 0 Å². The third-order valence-corrected chi connectivity index (χ3v) is 5.19. The van der Waals surface area contributed by atoms with Gasteiger partial charge < -0.3 is 24.1 Å². The molecule has 3 aromatic rings. The average molecular weight is 434 g/mol. The quantitative estimate of drug-likeness (QED) is 0.542. The Bertz CT molecular complexity index is 1020. The monoisotopic (exact) mass is 434 g/mol. The van der Waals surface area contributed by atoms with E-state index in [4.69, 9.17) is 13.9 Å². The van der Waals surface area contributed by atoms with Crippen LogP contribution in [0.3, 0.4) is 0 Å². The summed E-state index contributed by atoms with van der Waals surface area (Å²) in [5.74, 6) is 0.640. The van der Waals surface area contributed by atoms with Gasteiger partial charge in [0.15, 0.2) is 6.61 Å². The number of carbonyl (C=O) groups excluding carboxylic acids is 2. The van der Waals surface area contributed by atoms with Gasteiger partial charge in [-0.15, -0.1) is 0 Å². The van der Waals surface area contributed by atoms with E-state index >= 15 is 0 Å². The van der Waals surface area contributed by atoms with Gasteiger partial charge in [-0.3, -0.25) is 9.59 Å².